The highest BCUT2D eigenvalue weighted by Crippen LogP contribution is 2.24. The molecule has 1 aromatic carbocycles. The molecular formula is C17H27N3O3S. The third-order valence-electron chi connectivity index (χ3n) is 4.41. The molecular weight excluding hydrogens is 326 g/mol. The van der Waals surface area contributed by atoms with Crippen molar-refractivity contribution in [2.24, 2.45) is 0 Å². The molecule has 1 aromatic rings. The minimum atomic E-state index is -3.55. The molecule has 134 valence electrons. The van der Waals surface area contributed by atoms with E-state index in [4.69, 9.17) is 0 Å². The van der Waals surface area contributed by atoms with Crippen molar-refractivity contribution in [3.8, 4) is 0 Å². The van der Waals surface area contributed by atoms with E-state index >= 15 is 0 Å². The average Bonchev–Trinajstić information content (AvgIpc) is 2.58. The first-order valence-electron chi connectivity index (χ1n) is 8.55. The van der Waals surface area contributed by atoms with E-state index in [1.165, 1.54) is 4.31 Å². The van der Waals surface area contributed by atoms with Crippen molar-refractivity contribution in [2.45, 2.75) is 51.0 Å². The number of anilines is 1. The van der Waals surface area contributed by atoms with Crippen LogP contribution >= 0.6 is 0 Å². The number of sulfonamides is 1. The lowest BCUT2D eigenvalue weighted by atomic mass is 10.0. The molecule has 1 heterocycles. The van der Waals surface area contributed by atoms with Crippen LogP contribution in [0.1, 0.15) is 38.7 Å². The van der Waals surface area contributed by atoms with Crippen LogP contribution in [0.15, 0.2) is 23.1 Å². The summed E-state index contributed by atoms with van der Waals surface area (Å²) in [6.45, 7) is 7.08. The van der Waals surface area contributed by atoms with Gasteiger partial charge in [0, 0.05) is 18.8 Å². The fourth-order valence-electron chi connectivity index (χ4n) is 2.96. The maximum absolute atomic E-state index is 12.8. The molecule has 0 saturated carbocycles. The summed E-state index contributed by atoms with van der Waals surface area (Å²) in [5.41, 5.74) is 1.19. The van der Waals surface area contributed by atoms with Crippen LogP contribution in [0.3, 0.4) is 0 Å². The Kier molecular flexibility index (Phi) is 6.37. The number of aryl methyl sites for hydroxylation is 1. The van der Waals surface area contributed by atoms with E-state index in [0.29, 0.717) is 24.3 Å². The molecule has 1 atom stereocenters. The molecule has 24 heavy (non-hydrogen) atoms. The topological polar surface area (TPSA) is 78.5 Å². The lowest BCUT2D eigenvalue weighted by molar-refractivity contribution is -0.118. The highest BCUT2D eigenvalue weighted by molar-refractivity contribution is 7.89. The molecule has 1 saturated heterocycles. The Morgan fingerprint density at radius 1 is 1.29 bits per heavy atom. The standard InChI is InChI=1S/C17H27N3O3S/c1-4-20(5-2)24(22,23)16-12-14(10-9-13(16)3)19-17(21)15-8-6-7-11-18-15/h9-10,12,15,18H,4-8,11H2,1-3H3,(H,19,21). The molecule has 1 aliphatic rings. The summed E-state index contributed by atoms with van der Waals surface area (Å²) >= 11 is 0. The first kappa shape index (κ1) is 18.9. The van der Waals surface area contributed by atoms with E-state index < -0.39 is 10.0 Å². The second-order valence-electron chi connectivity index (χ2n) is 6.06. The van der Waals surface area contributed by atoms with Crippen LogP contribution < -0.4 is 10.6 Å². The molecule has 0 radical (unpaired) electrons. The van der Waals surface area contributed by atoms with Gasteiger partial charge in [0.15, 0.2) is 0 Å². The fourth-order valence-corrected chi connectivity index (χ4v) is 4.67. The van der Waals surface area contributed by atoms with E-state index in [1.807, 2.05) is 13.8 Å². The lowest BCUT2D eigenvalue weighted by Gasteiger charge is -2.23. The summed E-state index contributed by atoms with van der Waals surface area (Å²) in [5.74, 6) is -0.107. The molecule has 1 amide bonds. The number of rotatable bonds is 6. The van der Waals surface area contributed by atoms with Crippen molar-refractivity contribution in [2.75, 3.05) is 25.0 Å². The summed E-state index contributed by atoms with van der Waals surface area (Å²) < 4.78 is 26.9. The molecule has 7 heteroatoms. The van der Waals surface area contributed by atoms with Gasteiger partial charge in [-0.3, -0.25) is 4.79 Å². The lowest BCUT2D eigenvalue weighted by Crippen LogP contribution is -2.43. The van der Waals surface area contributed by atoms with Crippen LogP contribution in [0.5, 0.6) is 0 Å². The molecule has 0 aliphatic carbocycles. The second kappa shape index (κ2) is 8.09. The molecule has 2 N–H and O–H groups in total. The number of hydrogen-bond donors (Lipinski definition) is 2. The minimum absolute atomic E-state index is 0.107. The van der Waals surface area contributed by atoms with Crippen molar-refractivity contribution in [1.29, 1.82) is 0 Å². The van der Waals surface area contributed by atoms with Gasteiger partial charge in [-0.15, -0.1) is 0 Å². The largest absolute Gasteiger partial charge is 0.325 e. The van der Waals surface area contributed by atoms with Crippen molar-refractivity contribution in [3.05, 3.63) is 23.8 Å². The normalized spacial score (nSPS) is 18.6. The third kappa shape index (κ3) is 4.15. The number of nitrogens with one attached hydrogen (secondary N) is 2. The highest BCUT2D eigenvalue weighted by Gasteiger charge is 2.25. The molecule has 0 aromatic heterocycles. The number of carbonyl (C=O) groups is 1. The average molecular weight is 353 g/mol. The van der Waals surface area contributed by atoms with E-state index in [-0.39, 0.29) is 16.8 Å². The van der Waals surface area contributed by atoms with Crippen molar-refractivity contribution >= 4 is 21.6 Å². The number of benzene rings is 1. The van der Waals surface area contributed by atoms with Crippen LogP contribution in [0, 0.1) is 6.92 Å². The Labute approximate surface area is 144 Å². The molecule has 0 spiro atoms. The maximum Gasteiger partial charge on any atom is 0.243 e. The Morgan fingerprint density at radius 3 is 2.58 bits per heavy atom. The second-order valence-corrected chi connectivity index (χ2v) is 7.97. The quantitative estimate of drug-likeness (QED) is 0.821. The van der Waals surface area contributed by atoms with E-state index in [0.717, 1.165) is 25.8 Å². The number of nitrogens with zero attached hydrogens (tertiary/aromatic N) is 1. The molecule has 1 fully saturated rings. The van der Waals surface area contributed by atoms with Crippen LogP contribution in [0.2, 0.25) is 0 Å². The van der Waals surface area contributed by atoms with Crippen molar-refractivity contribution < 1.29 is 13.2 Å². The van der Waals surface area contributed by atoms with Gasteiger partial charge in [0.05, 0.1) is 10.9 Å². The number of piperidine rings is 1. The van der Waals surface area contributed by atoms with Gasteiger partial charge in [-0.1, -0.05) is 26.3 Å². The zero-order valence-electron chi connectivity index (χ0n) is 14.6. The fraction of sp³-hybridized carbons (Fsp3) is 0.588. The van der Waals surface area contributed by atoms with E-state index in [2.05, 4.69) is 10.6 Å². The predicted molar refractivity (Wildman–Crippen MR) is 95.6 cm³/mol. The van der Waals surface area contributed by atoms with Crippen LogP contribution in [0.4, 0.5) is 5.69 Å². The van der Waals surface area contributed by atoms with Crippen LogP contribution in [0.25, 0.3) is 0 Å². The van der Waals surface area contributed by atoms with Gasteiger partial charge in [-0.05, 0) is 44.0 Å². The molecule has 1 unspecified atom stereocenters. The van der Waals surface area contributed by atoms with Gasteiger partial charge in [-0.25, -0.2) is 8.42 Å². The Balaban J connectivity index is 2.23. The van der Waals surface area contributed by atoms with Gasteiger partial charge in [0.1, 0.15) is 0 Å². The predicted octanol–water partition coefficient (Wildman–Crippen LogP) is 2.11. The first-order chi connectivity index (χ1) is 11.4. The Hall–Kier alpha value is -1.44. The molecule has 1 aliphatic heterocycles. The Morgan fingerprint density at radius 2 is 2.00 bits per heavy atom. The van der Waals surface area contributed by atoms with Crippen LogP contribution in [-0.2, 0) is 14.8 Å². The maximum atomic E-state index is 12.8. The third-order valence-corrected chi connectivity index (χ3v) is 6.60. The van der Waals surface area contributed by atoms with Gasteiger partial charge < -0.3 is 10.6 Å². The highest BCUT2D eigenvalue weighted by atomic mass is 32.2. The number of hydrogen-bond acceptors (Lipinski definition) is 4. The van der Waals surface area contributed by atoms with Gasteiger partial charge in [-0.2, -0.15) is 4.31 Å². The summed E-state index contributed by atoms with van der Waals surface area (Å²) in [6.07, 6.45) is 2.92. The zero-order valence-corrected chi connectivity index (χ0v) is 15.4. The van der Waals surface area contributed by atoms with Crippen LogP contribution in [-0.4, -0.2) is 44.3 Å². The van der Waals surface area contributed by atoms with Crippen molar-refractivity contribution in [3.63, 3.8) is 0 Å². The van der Waals surface area contributed by atoms with E-state index in [1.54, 1.807) is 25.1 Å². The SMILES string of the molecule is CCN(CC)S(=O)(=O)c1cc(NC(=O)C2CCCCN2)ccc1C. The summed E-state index contributed by atoms with van der Waals surface area (Å²) in [7, 11) is -3.55. The molecule has 6 nitrogen and oxygen atoms in total. The van der Waals surface area contributed by atoms with Crippen molar-refractivity contribution in [1.82, 2.24) is 9.62 Å². The smallest absolute Gasteiger partial charge is 0.243 e. The van der Waals surface area contributed by atoms with Gasteiger partial charge in [0.2, 0.25) is 15.9 Å². The molecule has 0 bridgehead atoms. The molecule has 2 rings (SSSR count). The van der Waals surface area contributed by atoms with Gasteiger partial charge >= 0.3 is 0 Å². The summed E-state index contributed by atoms with van der Waals surface area (Å²) in [4.78, 5) is 12.6. The van der Waals surface area contributed by atoms with Gasteiger partial charge in [0.25, 0.3) is 0 Å². The minimum Gasteiger partial charge on any atom is -0.325 e. The first-order valence-corrected chi connectivity index (χ1v) is 9.99. The summed E-state index contributed by atoms with van der Waals surface area (Å²) in [6, 6.07) is 4.84. The zero-order chi connectivity index (χ0) is 17.7. The summed E-state index contributed by atoms with van der Waals surface area (Å²) in [5, 5.41) is 6.04. The number of amides is 1. The number of carbonyl (C=O) groups excluding carboxylic acids is 1. The Bertz CT molecular complexity index is 678. The van der Waals surface area contributed by atoms with E-state index in [9.17, 15) is 13.2 Å². The monoisotopic (exact) mass is 353 g/mol.